The minimum Gasteiger partial charge on any atom is -0.457 e. The summed E-state index contributed by atoms with van der Waals surface area (Å²) in [5.74, 6) is 1.69. The quantitative estimate of drug-likeness (QED) is 0.895. The van der Waals surface area contributed by atoms with E-state index in [1.54, 1.807) is 0 Å². The first-order valence-electron chi connectivity index (χ1n) is 6.64. The van der Waals surface area contributed by atoms with Crippen molar-refractivity contribution in [2.75, 3.05) is 0 Å². The van der Waals surface area contributed by atoms with Crippen LogP contribution >= 0.6 is 0 Å². The summed E-state index contributed by atoms with van der Waals surface area (Å²) in [6.45, 7) is 4.41. The third kappa shape index (κ3) is 2.13. The van der Waals surface area contributed by atoms with E-state index < -0.39 is 0 Å². The van der Waals surface area contributed by atoms with Gasteiger partial charge in [-0.15, -0.1) is 0 Å². The molecule has 0 heterocycles. The van der Waals surface area contributed by atoms with Gasteiger partial charge in [-0.3, -0.25) is 0 Å². The smallest absolute Gasteiger partial charge is 0.127 e. The summed E-state index contributed by atoms with van der Waals surface area (Å²) in [4.78, 5) is 0. The van der Waals surface area contributed by atoms with Gasteiger partial charge in [0.2, 0.25) is 0 Å². The van der Waals surface area contributed by atoms with Crippen molar-refractivity contribution in [2.24, 2.45) is 11.1 Å². The molecule has 2 aromatic rings. The van der Waals surface area contributed by atoms with E-state index in [1.807, 2.05) is 42.5 Å². The Morgan fingerprint density at radius 2 is 1.58 bits per heavy atom. The number of rotatable bonds is 3. The van der Waals surface area contributed by atoms with Crippen LogP contribution < -0.4 is 10.5 Å². The second-order valence-corrected chi connectivity index (χ2v) is 5.97. The summed E-state index contributed by atoms with van der Waals surface area (Å²) >= 11 is 0. The maximum Gasteiger partial charge on any atom is 0.127 e. The molecule has 0 aromatic heterocycles. The molecule has 1 unspecified atom stereocenters. The van der Waals surface area contributed by atoms with Crippen molar-refractivity contribution in [3.05, 3.63) is 60.2 Å². The first kappa shape index (κ1) is 12.2. The summed E-state index contributed by atoms with van der Waals surface area (Å²) in [7, 11) is 0. The molecule has 2 nitrogen and oxygen atoms in total. The summed E-state index contributed by atoms with van der Waals surface area (Å²) < 4.78 is 5.85. The molecule has 0 bridgehead atoms. The third-order valence-electron chi connectivity index (χ3n) is 4.13. The maximum absolute atomic E-state index is 6.45. The minimum atomic E-state index is -0.205. The number of hydrogen-bond donors (Lipinski definition) is 1. The van der Waals surface area contributed by atoms with Crippen molar-refractivity contribution < 1.29 is 4.74 Å². The maximum atomic E-state index is 6.45. The number of ether oxygens (including phenoxy) is 1. The van der Waals surface area contributed by atoms with Gasteiger partial charge < -0.3 is 10.5 Å². The van der Waals surface area contributed by atoms with E-state index in [-0.39, 0.29) is 11.0 Å². The lowest BCUT2D eigenvalue weighted by molar-refractivity contribution is 0.475. The Balaban J connectivity index is 1.86. The molecule has 0 saturated heterocycles. The largest absolute Gasteiger partial charge is 0.457 e. The number of para-hydroxylation sites is 1. The van der Waals surface area contributed by atoms with E-state index in [0.717, 1.165) is 23.5 Å². The number of hydrogen-bond acceptors (Lipinski definition) is 2. The van der Waals surface area contributed by atoms with Crippen molar-refractivity contribution in [1.29, 1.82) is 0 Å². The lowest BCUT2D eigenvalue weighted by atomic mass is 9.97. The highest BCUT2D eigenvalue weighted by atomic mass is 16.5. The lowest BCUT2D eigenvalue weighted by Gasteiger charge is -2.16. The van der Waals surface area contributed by atoms with Gasteiger partial charge in [0.15, 0.2) is 0 Å². The van der Waals surface area contributed by atoms with Crippen LogP contribution in [0, 0.1) is 5.41 Å². The highest BCUT2D eigenvalue weighted by Crippen LogP contribution is 2.60. The fourth-order valence-corrected chi connectivity index (χ4v) is 2.61. The summed E-state index contributed by atoms with van der Waals surface area (Å²) in [5, 5.41) is 0. The molecule has 1 fully saturated rings. The van der Waals surface area contributed by atoms with Crippen LogP contribution in [0.1, 0.15) is 25.8 Å². The van der Waals surface area contributed by atoms with Crippen LogP contribution in [0.3, 0.4) is 0 Å². The average molecular weight is 253 g/mol. The monoisotopic (exact) mass is 253 g/mol. The minimum absolute atomic E-state index is 0.179. The van der Waals surface area contributed by atoms with Gasteiger partial charge in [0, 0.05) is 5.54 Å². The molecule has 1 atom stereocenters. The van der Waals surface area contributed by atoms with Gasteiger partial charge in [0.05, 0.1) is 0 Å². The molecular weight excluding hydrogens is 234 g/mol. The summed E-state index contributed by atoms with van der Waals surface area (Å²) in [5.41, 5.74) is 7.58. The average Bonchev–Trinajstić information content (AvgIpc) is 2.92. The first-order chi connectivity index (χ1) is 9.01. The summed E-state index contributed by atoms with van der Waals surface area (Å²) in [6, 6.07) is 17.9. The van der Waals surface area contributed by atoms with E-state index in [4.69, 9.17) is 10.5 Å². The predicted octanol–water partition coefficient (Wildman–Crippen LogP) is 4.06. The van der Waals surface area contributed by atoms with E-state index in [9.17, 15) is 0 Å². The second-order valence-electron chi connectivity index (χ2n) is 5.97. The Labute approximate surface area is 114 Å². The van der Waals surface area contributed by atoms with Crippen LogP contribution in [0.25, 0.3) is 0 Å². The molecule has 98 valence electrons. The Morgan fingerprint density at radius 3 is 2.21 bits per heavy atom. The van der Waals surface area contributed by atoms with Crippen LogP contribution in [-0.2, 0) is 5.54 Å². The van der Waals surface area contributed by atoms with E-state index >= 15 is 0 Å². The fourth-order valence-electron chi connectivity index (χ4n) is 2.61. The van der Waals surface area contributed by atoms with Crippen LogP contribution in [0.2, 0.25) is 0 Å². The molecule has 0 amide bonds. The van der Waals surface area contributed by atoms with Crippen molar-refractivity contribution >= 4 is 0 Å². The molecule has 0 spiro atoms. The van der Waals surface area contributed by atoms with Crippen LogP contribution in [0.15, 0.2) is 54.6 Å². The summed E-state index contributed by atoms with van der Waals surface area (Å²) in [6.07, 6.45) is 1.02. The van der Waals surface area contributed by atoms with E-state index in [0.29, 0.717) is 0 Å². The molecule has 2 N–H and O–H groups in total. The Hall–Kier alpha value is -1.80. The molecular formula is C17H19NO. The molecule has 3 rings (SSSR count). The highest BCUT2D eigenvalue weighted by molar-refractivity contribution is 5.41. The van der Waals surface area contributed by atoms with Crippen molar-refractivity contribution in [3.63, 3.8) is 0 Å². The molecule has 2 aromatic carbocycles. The Bertz CT molecular complexity index is 591. The van der Waals surface area contributed by atoms with Crippen LogP contribution in [0.5, 0.6) is 11.5 Å². The topological polar surface area (TPSA) is 35.2 Å². The Kier molecular flexibility index (Phi) is 2.64. The van der Waals surface area contributed by atoms with Crippen LogP contribution in [0.4, 0.5) is 0 Å². The molecule has 0 aliphatic heterocycles. The van der Waals surface area contributed by atoms with E-state index in [2.05, 4.69) is 26.0 Å². The van der Waals surface area contributed by atoms with Crippen molar-refractivity contribution in [2.45, 2.75) is 25.8 Å². The van der Waals surface area contributed by atoms with Gasteiger partial charge in [-0.05, 0) is 41.7 Å². The fraction of sp³-hybridized carbons (Fsp3) is 0.294. The zero-order chi connectivity index (χ0) is 13.5. The van der Waals surface area contributed by atoms with Crippen molar-refractivity contribution in [3.8, 4) is 11.5 Å². The highest BCUT2D eigenvalue weighted by Gasteiger charge is 2.59. The molecule has 1 aliphatic carbocycles. The predicted molar refractivity (Wildman–Crippen MR) is 77.2 cm³/mol. The van der Waals surface area contributed by atoms with Crippen molar-refractivity contribution in [1.82, 2.24) is 0 Å². The van der Waals surface area contributed by atoms with Gasteiger partial charge >= 0.3 is 0 Å². The second kappa shape index (κ2) is 4.10. The van der Waals surface area contributed by atoms with Gasteiger partial charge in [0.25, 0.3) is 0 Å². The zero-order valence-corrected chi connectivity index (χ0v) is 11.4. The van der Waals surface area contributed by atoms with E-state index in [1.165, 1.54) is 0 Å². The lowest BCUT2D eigenvalue weighted by Crippen LogP contribution is -2.25. The van der Waals surface area contributed by atoms with Gasteiger partial charge in [-0.1, -0.05) is 44.2 Å². The first-order valence-corrected chi connectivity index (χ1v) is 6.64. The molecule has 19 heavy (non-hydrogen) atoms. The molecule has 1 aliphatic rings. The molecule has 2 heteroatoms. The van der Waals surface area contributed by atoms with Gasteiger partial charge in [-0.25, -0.2) is 0 Å². The normalized spacial score (nSPS) is 23.9. The zero-order valence-electron chi connectivity index (χ0n) is 11.4. The third-order valence-corrected chi connectivity index (χ3v) is 4.13. The number of benzene rings is 2. The molecule has 1 saturated carbocycles. The SMILES string of the molecule is CC1(C)CC1(N)c1cccc(Oc2ccccc2)c1. The van der Waals surface area contributed by atoms with Gasteiger partial charge in [0.1, 0.15) is 11.5 Å². The van der Waals surface area contributed by atoms with Gasteiger partial charge in [-0.2, -0.15) is 0 Å². The van der Waals surface area contributed by atoms with Crippen LogP contribution in [-0.4, -0.2) is 0 Å². The standard InChI is InChI=1S/C17H19NO/c1-16(2)12-17(16,18)13-7-6-10-15(11-13)19-14-8-4-3-5-9-14/h3-11H,12,18H2,1-2H3. The number of nitrogens with two attached hydrogens (primary N) is 1. The molecule has 0 radical (unpaired) electrons. The Morgan fingerprint density at radius 1 is 0.947 bits per heavy atom.